The fourth-order valence-electron chi connectivity index (χ4n) is 4.22. The predicted octanol–water partition coefficient (Wildman–Crippen LogP) is 5.89. The summed E-state index contributed by atoms with van der Waals surface area (Å²) in [5.74, 6) is -0.0256. The first kappa shape index (κ1) is 24.7. The quantitative estimate of drug-likeness (QED) is 0.443. The summed E-state index contributed by atoms with van der Waals surface area (Å²) in [4.78, 5) is 15.6. The lowest BCUT2D eigenvalue weighted by molar-refractivity contribution is 0.0675. The molecule has 0 N–H and O–H groups in total. The highest BCUT2D eigenvalue weighted by molar-refractivity contribution is 6.35. The van der Waals surface area contributed by atoms with Gasteiger partial charge in [0.15, 0.2) is 0 Å². The van der Waals surface area contributed by atoms with E-state index in [1.165, 1.54) is 12.1 Å². The molecule has 0 aliphatic carbocycles. The molecule has 0 radical (unpaired) electrons. The van der Waals surface area contributed by atoms with Gasteiger partial charge in [-0.2, -0.15) is 10.4 Å². The maximum Gasteiger partial charge on any atom is 0.259 e. The second kappa shape index (κ2) is 9.35. The Morgan fingerprint density at radius 1 is 1.20 bits per heavy atom. The van der Waals surface area contributed by atoms with Gasteiger partial charge in [0.05, 0.1) is 28.1 Å². The molecule has 0 spiro atoms. The molecule has 1 amide bonds. The summed E-state index contributed by atoms with van der Waals surface area (Å²) in [7, 11) is 0. The number of hydrogen-bond donors (Lipinski definition) is 0. The van der Waals surface area contributed by atoms with Gasteiger partial charge in [0.1, 0.15) is 23.2 Å². The maximum atomic E-state index is 13.9. The molecule has 2 aromatic carbocycles. The lowest BCUT2D eigenvalue weighted by Gasteiger charge is -2.37. The summed E-state index contributed by atoms with van der Waals surface area (Å²) >= 11 is 6.56. The van der Waals surface area contributed by atoms with Crippen LogP contribution in [0, 0.1) is 23.1 Å². The molecule has 6 nitrogen and oxygen atoms in total. The Bertz CT molecular complexity index is 1310. The Morgan fingerprint density at radius 3 is 2.51 bits per heavy atom. The number of carbonyl (C=O) groups excluding carboxylic acids is 1. The van der Waals surface area contributed by atoms with Gasteiger partial charge in [-0.25, -0.2) is 9.07 Å². The molecule has 0 bridgehead atoms. The number of fused-ring (bicyclic) bond motifs is 1. The normalized spacial score (nSPS) is 15.5. The average molecular weight is 495 g/mol. The van der Waals surface area contributed by atoms with E-state index >= 15 is 0 Å². The van der Waals surface area contributed by atoms with Crippen LogP contribution in [-0.2, 0) is 12.0 Å². The number of nitrogens with zero attached hydrogens (tertiary/aromatic N) is 4. The molecule has 1 unspecified atom stereocenters. The number of aromatic nitrogens is 2. The van der Waals surface area contributed by atoms with Crippen LogP contribution in [0.5, 0.6) is 5.75 Å². The van der Waals surface area contributed by atoms with E-state index in [1.54, 1.807) is 33.8 Å². The monoisotopic (exact) mass is 494 g/mol. The SMILES string of the molecule is CC(C)C(C)Oc1ccc(C#N)c(Cl)c1C(=O)N1Cc2cn(-c3ccc(F)cc3)nc2C(C)(C)C1. The van der Waals surface area contributed by atoms with Crippen molar-refractivity contribution in [3.05, 3.63) is 75.8 Å². The zero-order chi connectivity index (χ0) is 25.5. The number of halogens is 2. The average Bonchev–Trinajstić information content (AvgIpc) is 3.24. The number of benzene rings is 2. The minimum Gasteiger partial charge on any atom is -0.490 e. The van der Waals surface area contributed by atoms with Crippen LogP contribution in [0.25, 0.3) is 5.69 Å². The minimum absolute atomic E-state index is 0.0940. The largest absolute Gasteiger partial charge is 0.490 e. The fraction of sp³-hybridized carbons (Fsp3) is 0.370. The van der Waals surface area contributed by atoms with Gasteiger partial charge in [-0.1, -0.05) is 39.3 Å². The summed E-state index contributed by atoms with van der Waals surface area (Å²) in [5.41, 5.74) is 2.49. The Hall–Kier alpha value is -3.37. The first-order chi connectivity index (χ1) is 16.5. The number of rotatable bonds is 5. The van der Waals surface area contributed by atoms with Crippen LogP contribution in [0.4, 0.5) is 4.39 Å². The van der Waals surface area contributed by atoms with Gasteiger partial charge in [-0.3, -0.25) is 4.79 Å². The van der Waals surface area contributed by atoms with Gasteiger partial charge < -0.3 is 9.64 Å². The molecule has 8 heteroatoms. The molecule has 3 aromatic rings. The molecular weight excluding hydrogens is 467 g/mol. The smallest absolute Gasteiger partial charge is 0.259 e. The van der Waals surface area contributed by atoms with Crippen molar-refractivity contribution >= 4 is 17.5 Å². The van der Waals surface area contributed by atoms with Crippen molar-refractivity contribution in [2.75, 3.05) is 6.54 Å². The van der Waals surface area contributed by atoms with Crippen LogP contribution in [0.15, 0.2) is 42.6 Å². The van der Waals surface area contributed by atoms with Crippen molar-refractivity contribution in [1.82, 2.24) is 14.7 Å². The number of carbonyl (C=O) groups is 1. The summed E-state index contributed by atoms with van der Waals surface area (Å²) in [6, 6.07) is 11.4. The van der Waals surface area contributed by atoms with Crippen LogP contribution in [0.1, 0.15) is 61.8 Å². The van der Waals surface area contributed by atoms with Crippen molar-refractivity contribution in [3.63, 3.8) is 0 Å². The second-order valence-corrected chi connectivity index (χ2v) is 10.3. The molecular formula is C27H28ClFN4O2. The lowest BCUT2D eigenvalue weighted by atomic mass is 9.83. The maximum absolute atomic E-state index is 13.9. The molecule has 1 aliphatic rings. The number of hydrogen-bond acceptors (Lipinski definition) is 4. The van der Waals surface area contributed by atoms with Crippen molar-refractivity contribution in [1.29, 1.82) is 5.26 Å². The van der Waals surface area contributed by atoms with Crippen LogP contribution in [-0.4, -0.2) is 33.2 Å². The van der Waals surface area contributed by atoms with Crippen LogP contribution >= 0.6 is 11.6 Å². The Balaban J connectivity index is 1.72. The van der Waals surface area contributed by atoms with Gasteiger partial charge in [0.2, 0.25) is 0 Å². The van der Waals surface area contributed by atoms with Crippen LogP contribution in [0.2, 0.25) is 5.02 Å². The molecule has 0 fully saturated rings. The zero-order valence-corrected chi connectivity index (χ0v) is 21.2. The van der Waals surface area contributed by atoms with E-state index < -0.39 is 5.41 Å². The lowest BCUT2D eigenvalue weighted by Crippen LogP contribution is -2.45. The molecule has 0 saturated heterocycles. The highest BCUT2D eigenvalue weighted by atomic mass is 35.5. The Labute approximate surface area is 209 Å². The summed E-state index contributed by atoms with van der Waals surface area (Å²) in [6.07, 6.45) is 1.72. The van der Waals surface area contributed by atoms with E-state index in [-0.39, 0.29) is 39.9 Å². The van der Waals surface area contributed by atoms with Gasteiger partial charge in [0, 0.05) is 30.3 Å². The molecule has 1 aromatic heterocycles. The summed E-state index contributed by atoms with van der Waals surface area (Å²) in [5, 5.41) is 14.4. The zero-order valence-electron chi connectivity index (χ0n) is 20.5. The Kier molecular flexibility index (Phi) is 6.61. The first-order valence-electron chi connectivity index (χ1n) is 11.6. The van der Waals surface area contributed by atoms with Crippen molar-refractivity contribution in [2.24, 2.45) is 5.92 Å². The van der Waals surface area contributed by atoms with E-state index in [0.29, 0.717) is 18.8 Å². The van der Waals surface area contributed by atoms with Crippen LogP contribution in [0.3, 0.4) is 0 Å². The second-order valence-electron chi connectivity index (χ2n) is 9.95. The third-order valence-corrected chi connectivity index (χ3v) is 6.84. The summed E-state index contributed by atoms with van der Waals surface area (Å²) < 4.78 is 21.2. The molecule has 35 heavy (non-hydrogen) atoms. The van der Waals surface area contributed by atoms with Gasteiger partial charge in [0.25, 0.3) is 5.91 Å². The van der Waals surface area contributed by atoms with Crippen LogP contribution < -0.4 is 4.74 Å². The standard InChI is InChI=1S/C27H28ClFN4O2/c1-16(2)17(3)35-22-11-6-18(12-30)24(28)23(22)26(34)32-13-19-14-33(21-9-7-20(29)8-10-21)31-25(19)27(4,5)15-32/h6-11,14,16-17H,13,15H2,1-5H3. The fourth-order valence-corrected chi connectivity index (χ4v) is 4.49. The molecule has 1 aliphatic heterocycles. The summed E-state index contributed by atoms with van der Waals surface area (Å²) in [6.45, 7) is 10.8. The number of ether oxygens (including phenoxy) is 1. The molecule has 2 heterocycles. The highest BCUT2D eigenvalue weighted by Crippen LogP contribution is 2.37. The van der Waals surface area contributed by atoms with Gasteiger partial charge >= 0.3 is 0 Å². The molecule has 4 rings (SSSR count). The van der Waals surface area contributed by atoms with E-state index in [0.717, 1.165) is 16.9 Å². The van der Waals surface area contributed by atoms with Gasteiger partial charge in [-0.15, -0.1) is 0 Å². The number of amides is 1. The first-order valence-corrected chi connectivity index (χ1v) is 11.9. The van der Waals surface area contributed by atoms with E-state index in [9.17, 15) is 14.4 Å². The van der Waals surface area contributed by atoms with E-state index in [1.807, 2.05) is 40.8 Å². The van der Waals surface area contributed by atoms with Crippen molar-refractivity contribution in [2.45, 2.75) is 52.7 Å². The van der Waals surface area contributed by atoms with Gasteiger partial charge in [-0.05, 0) is 49.2 Å². The third kappa shape index (κ3) is 4.76. The van der Waals surface area contributed by atoms with E-state index in [2.05, 4.69) is 6.07 Å². The molecule has 1 atom stereocenters. The Morgan fingerprint density at radius 2 is 1.89 bits per heavy atom. The van der Waals surface area contributed by atoms with E-state index in [4.69, 9.17) is 21.4 Å². The van der Waals surface area contributed by atoms with Crippen molar-refractivity contribution in [3.8, 4) is 17.5 Å². The topological polar surface area (TPSA) is 71.2 Å². The van der Waals surface area contributed by atoms with Crippen molar-refractivity contribution < 1.29 is 13.9 Å². The highest BCUT2D eigenvalue weighted by Gasteiger charge is 2.38. The predicted molar refractivity (Wildman–Crippen MR) is 132 cm³/mol. The third-order valence-electron chi connectivity index (χ3n) is 6.45. The minimum atomic E-state index is -0.444. The molecule has 182 valence electrons. The molecule has 0 saturated carbocycles. The number of nitriles is 1.